The van der Waals surface area contributed by atoms with Crippen LogP contribution in [-0.2, 0) is 0 Å². The highest BCUT2D eigenvalue weighted by molar-refractivity contribution is 7.99. The van der Waals surface area contributed by atoms with Crippen molar-refractivity contribution in [2.45, 2.75) is 17.0 Å². The van der Waals surface area contributed by atoms with E-state index < -0.39 is 6.04 Å². The second-order valence-corrected chi connectivity index (χ2v) is 5.89. The first kappa shape index (κ1) is 14.2. The van der Waals surface area contributed by atoms with E-state index in [9.17, 15) is 4.39 Å². The molecule has 2 aromatic carbocycles. The average molecular weight is 305 g/mol. The number of rotatable bonds is 3. The van der Waals surface area contributed by atoms with Gasteiger partial charge in [-0.15, -0.1) is 11.8 Å². The monoisotopic (exact) mass is 305 g/mol. The zero-order chi connectivity index (χ0) is 14.8. The van der Waals surface area contributed by atoms with E-state index in [1.54, 1.807) is 23.9 Å². The van der Waals surface area contributed by atoms with E-state index in [1.807, 2.05) is 24.3 Å². The lowest BCUT2D eigenvalue weighted by atomic mass is 10.0. The third-order valence-electron chi connectivity index (χ3n) is 3.50. The second kappa shape index (κ2) is 5.95. The Morgan fingerprint density at radius 3 is 2.90 bits per heavy atom. The minimum atomic E-state index is -0.517. The molecule has 2 unspecified atom stereocenters. The van der Waals surface area contributed by atoms with Crippen LogP contribution in [0.15, 0.2) is 47.4 Å². The molecule has 2 aromatic rings. The molecule has 3 nitrogen and oxygen atoms in total. The van der Waals surface area contributed by atoms with Gasteiger partial charge in [0.15, 0.2) is 0 Å². The number of benzene rings is 2. The predicted octanol–water partition coefficient (Wildman–Crippen LogP) is 3.39. The molecule has 2 atom stereocenters. The van der Waals surface area contributed by atoms with Gasteiger partial charge in [0.05, 0.1) is 13.2 Å². The Bertz CT molecular complexity index is 650. The summed E-state index contributed by atoms with van der Waals surface area (Å²) in [6, 6.07) is 12.0. The SMILES string of the molecule is COc1ccc(C(N)C2CSc3ccccc3O2)c(F)c1. The lowest BCUT2D eigenvalue weighted by molar-refractivity contribution is 0.183. The highest BCUT2D eigenvalue weighted by atomic mass is 32.2. The maximum absolute atomic E-state index is 14.1. The van der Waals surface area contributed by atoms with Crippen molar-refractivity contribution in [2.75, 3.05) is 12.9 Å². The molecule has 5 heteroatoms. The molecular formula is C16H16FNO2S. The van der Waals surface area contributed by atoms with Gasteiger partial charge in [0.25, 0.3) is 0 Å². The zero-order valence-corrected chi connectivity index (χ0v) is 12.4. The van der Waals surface area contributed by atoms with Gasteiger partial charge in [0.1, 0.15) is 23.4 Å². The van der Waals surface area contributed by atoms with Crippen LogP contribution in [0.3, 0.4) is 0 Å². The fourth-order valence-electron chi connectivity index (χ4n) is 2.32. The van der Waals surface area contributed by atoms with Gasteiger partial charge in [-0.25, -0.2) is 4.39 Å². The Balaban J connectivity index is 1.82. The second-order valence-electron chi connectivity index (χ2n) is 4.83. The number of fused-ring (bicyclic) bond motifs is 1. The van der Waals surface area contributed by atoms with Crippen LogP contribution in [0, 0.1) is 5.82 Å². The van der Waals surface area contributed by atoms with Gasteiger partial charge in [-0.3, -0.25) is 0 Å². The summed E-state index contributed by atoms with van der Waals surface area (Å²) in [4.78, 5) is 1.09. The number of nitrogens with two attached hydrogens (primary N) is 1. The number of ether oxygens (including phenoxy) is 2. The summed E-state index contributed by atoms with van der Waals surface area (Å²) >= 11 is 1.68. The number of para-hydroxylation sites is 1. The van der Waals surface area contributed by atoms with Gasteiger partial charge in [-0.1, -0.05) is 18.2 Å². The molecule has 2 N–H and O–H groups in total. The first-order valence-corrected chi connectivity index (χ1v) is 7.65. The molecule has 0 saturated carbocycles. The van der Waals surface area contributed by atoms with Gasteiger partial charge in [-0.05, 0) is 18.2 Å². The van der Waals surface area contributed by atoms with Crippen molar-refractivity contribution in [1.82, 2.24) is 0 Å². The normalized spacial score (nSPS) is 18.5. The minimum Gasteiger partial charge on any atom is -0.497 e. The molecule has 0 spiro atoms. The summed E-state index contributed by atoms with van der Waals surface area (Å²) in [5.74, 6) is 1.62. The quantitative estimate of drug-likeness (QED) is 0.944. The standard InChI is InChI=1S/C16H16FNO2S/c1-19-10-6-7-11(12(17)8-10)16(18)14-9-21-15-5-3-2-4-13(15)20-14/h2-8,14,16H,9,18H2,1H3. The van der Waals surface area contributed by atoms with Crippen LogP contribution in [0.2, 0.25) is 0 Å². The van der Waals surface area contributed by atoms with E-state index >= 15 is 0 Å². The summed E-state index contributed by atoms with van der Waals surface area (Å²) in [5, 5.41) is 0. The Morgan fingerprint density at radius 2 is 2.14 bits per heavy atom. The Kier molecular flexibility index (Phi) is 4.03. The maximum atomic E-state index is 14.1. The van der Waals surface area contributed by atoms with Crippen molar-refractivity contribution < 1.29 is 13.9 Å². The average Bonchev–Trinajstić information content (AvgIpc) is 2.53. The molecule has 0 aliphatic carbocycles. The summed E-state index contributed by atoms with van der Waals surface area (Å²) in [7, 11) is 1.51. The number of hydrogen-bond acceptors (Lipinski definition) is 4. The molecule has 3 rings (SSSR count). The molecule has 110 valence electrons. The molecule has 1 heterocycles. The zero-order valence-electron chi connectivity index (χ0n) is 11.6. The van der Waals surface area contributed by atoms with Crippen molar-refractivity contribution in [2.24, 2.45) is 5.73 Å². The van der Waals surface area contributed by atoms with Gasteiger partial charge in [0.2, 0.25) is 0 Å². The molecule has 0 fully saturated rings. The van der Waals surface area contributed by atoms with Gasteiger partial charge >= 0.3 is 0 Å². The van der Waals surface area contributed by atoms with Crippen LogP contribution in [0.1, 0.15) is 11.6 Å². The molecule has 0 saturated heterocycles. The molecule has 0 amide bonds. The molecule has 1 aliphatic heterocycles. The van der Waals surface area contributed by atoms with E-state index in [4.69, 9.17) is 15.2 Å². The molecule has 21 heavy (non-hydrogen) atoms. The first-order chi connectivity index (χ1) is 10.2. The van der Waals surface area contributed by atoms with Gasteiger partial charge in [0, 0.05) is 22.3 Å². The largest absolute Gasteiger partial charge is 0.497 e. The molecule has 0 aromatic heterocycles. The lowest BCUT2D eigenvalue weighted by Crippen LogP contribution is -2.35. The summed E-state index contributed by atoms with van der Waals surface area (Å²) < 4.78 is 25.0. The lowest BCUT2D eigenvalue weighted by Gasteiger charge is -2.30. The van der Waals surface area contributed by atoms with Crippen LogP contribution in [-0.4, -0.2) is 19.0 Å². The number of halogens is 1. The fourth-order valence-corrected chi connectivity index (χ4v) is 3.37. The van der Waals surface area contributed by atoms with Crippen LogP contribution in [0.5, 0.6) is 11.5 Å². The first-order valence-electron chi connectivity index (χ1n) is 6.66. The predicted molar refractivity (Wildman–Crippen MR) is 81.5 cm³/mol. The number of thioether (sulfide) groups is 1. The molecular weight excluding hydrogens is 289 g/mol. The summed E-state index contributed by atoms with van der Waals surface area (Å²) in [6.07, 6.45) is -0.257. The Morgan fingerprint density at radius 1 is 1.33 bits per heavy atom. The van der Waals surface area contributed by atoms with E-state index in [1.165, 1.54) is 13.2 Å². The maximum Gasteiger partial charge on any atom is 0.133 e. The van der Waals surface area contributed by atoms with E-state index in [0.29, 0.717) is 17.1 Å². The molecule has 0 radical (unpaired) electrons. The highest BCUT2D eigenvalue weighted by Gasteiger charge is 2.28. The Labute approximate surface area is 127 Å². The fraction of sp³-hybridized carbons (Fsp3) is 0.250. The van der Waals surface area contributed by atoms with Crippen molar-refractivity contribution in [1.29, 1.82) is 0 Å². The molecule has 1 aliphatic rings. The van der Waals surface area contributed by atoms with Crippen LogP contribution in [0.25, 0.3) is 0 Å². The van der Waals surface area contributed by atoms with Crippen molar-refractivity contribution in [3.63, 3.8) is 0 Å². The van der Waals surface area contributed by atoms with Crippen LogP contribution in [0.4, 0.5) is 4.39 Å². The molecule has 0 bridgehead atoms. The van der Waals surface area contributed by atoms with Crippen LogP contribution >= 0.6 is 11.8 Å². The smallest absolute Gasteiger partial charge is 0.133 e. The van der Waals surface area contributed by atoms with E-state index in [2.05, 4.69) is 0 Å². The van der Waals surface area contributed by atoms with Gasteiger partial charge < -0.3 is 15.2 Å². The number of methoxy groups -OCH3 is 1. The minimum absolute atomic E-state index is 0.257. The summed E-state index contributed by atoms with van der Waals surface area (Å²) in [5.41, 5.74) is 6.65. The summed E-state index contributed by atoms with van der Waals surface area (Å²) in [6.45, 7) is 0. The third kappa shape index (κ3) is 2.84. The van der Waals surface area contributed by atoms with E-state index in [0.717, 1.165) is 10.6 Å². The highest BCUT2D eigenvalue weighted by Crippen LogP contribution is 2.38. The van der Waals surface area contributed by atoms with E-state index in [-0.39, 0.29) is 11.9 Å². The third-order valence-corrected chi connectivity index (χ3v) is 4.64. The Hall–Kier alpha value is -1.72. The van der Waals surface area contributed by atoms with Gasteiger partial charge in [-0.2, -0.15) is 0 Å². The van der Waals surface area contributed by atoms with Crippen LogP contribution < -0.4 is 15.2 Å². The van der Waals surface area contributed by atoms with Crippen molar-refractivity contribution >= 4 is 11.8 Å². The van der Waals surface area contributed by atoms with Crippen molar-refractivity contribution in [3.8, 4) is 11.5 Å². The topological polar surface area (TPSA) is 44.5 Å². The number of hydrogen-bond donors (Lipinski definition) is 1. The van der Waals surface area contributed by atoms with Crippen molar-refractivity contribution in [3.05, 3.63) is 53.8 Å².